The maximum Gasteiger partial charge on any atom is 0.310 e. The van der Waals surface area contributed by atoms with E-state index >= 15 is 0 Å². The summed E-state index contributed by atoms with van der Waals surface area (Å²) in [4.78, 5) is 62.0. The highest BCUT2D eigenvalue weighted by atomic mass is 16.6. The van der Waals surface area contributed by atoms with Crippen LogP contribution in [0.4, 0.5) is 0 Å². The number of hydrogen-bond acceptors (Lipinski definition) is 9. The van der Waals surface area contributed by atoms with Gasteiger partial charge in [-0.25, -0.2) is 0 Å². The van der Waals surface area contributed by atoms with Crippen molar-refractivity contribution in [3.63, 3.8) is 0 Å². The second-order valence-electron chi connectivity index (χ2n) is 6.43. The van der Waals surface area contributed by atoms with E-state index in [-0.39, 0.29) is 44.4 Å². The van der Waals surface area contributed by atoms with Gasteiger partial charge in [0.25, 0.3) is 0 Å². The van der Waals surface area contributed by atoms with E-state index < -0.39 is 35.8 Å². The Morgan fingerprint density at radius 1 is 1.10 bits per heavy atom. The largest absolute Gasteiger partial charge is 0.469 e. The summed E-state index contributed by atoms with van der Waals surface area (Å²) in [6.45, 7) is 1.02. The van der Waals surface area contributed by atoms with Gasteiger partial charge < -0.3 is 23.9 Å². The van der Waals surface area contributed by atoms with Crippen molar-refractivity contribution in [1.29, 1.82) is 0 Å². The lowest BCUT2D eigenvalue weighted by Gasteiger charge is -2.10. The molecule has 0 spiro atoms. The monoisotopic (exact) mass is 409 g/mol. The van der Waals surface area contributed by atoms with Crippen LogP contribution in [0.1, 0.15) is 53.5 Å². The van der Waals surface area contributed by atoms with Crippen molar-refractivity contribution in [3.8, 4) is 0 Å². The smallest absolute Gasteiger partial charge is 0.310 e. The summed E-state index contributed by atoms with van der Waals surface area (Å²) in [5.41, 5.74) is 1.23. The van der Waals surface area contributed by atoms with Gasteiger partial charge in [-0.3, -0.25) is 24.0 Å². The average molecular weight is 409 g/mol. The number of rotatable bonds is 9. The van der Waals surface area contributed by atoms with E-state index in [0.29, 0.717) is 16.8 Å². The molecule has 1 N–H and O–H groups in total. The van der Waals surface area contributed by atoms with Crippen molar-refractivity contribution in [1.82, 2.24) is 4.98 Å². The van der Waals surface area contributed by atoms with E-state index in [1.54, 1.807) is 0 Å². The molecule has 2 heterocycles. The summed E-state index contributed by atoms with van der Waals surface area (Å²) in [6.07, 6.45) is -0.733. The summed E-state index contributed by atoms with van der Waals surface area (Å²) in [5, 5.41) is 0. The summed E-state index contributed by atoms with van der Waals surface area (Å²) >= 11 is 0. The highest BCUT2D eigenvalue weighted by Crippen LogP contribution is 2.27. The van der Waals surface area contributed by atoms with Gasteiger partial charge in [0.05, 0.1) is 32.0 Å². The highest BCUT2D eigenvalue weighted by molar-refractivity contribution is 6.02. The second kappa shape index (κ2) is 9.85. The minimum Gasteiger partial charge on any atom is -0.469 e. The van der Waals surface area contributed by atoms with Crippen molar-refractivity contribution in [2.24, 2.45) is 0 Å². The molecule has 1 unspecified atom stereocenters. The first kappa shape index (κ1) is 22.1. The second-order valence-corrected chi connectivity index (χ2v) is 6.43. The number of ketones is 1. The maximum atomic E-state index is 12.9. The lowest BCUT2D eigenvalue weighted by molar-refractivity contribution is -0.142. The van der Waals surface area contributed by atoms with E-state index in [1.807, 2.05) is 0 Å². The van der Waals surface area contributed by atoms with E-state index in [9.17, 15) is 24.0 Å². The average Bonchev–Trinajstić information content (AvgIpc) is 3.27. The zero-order valence-electron chi connectivity index (χ0n) is 16.5. The minimum absolute atomic E-state index is 0.0414. The van der Waals surface area contributed by atoms with Crippen LogP contribution in [0.15, 0.2) is 0 Å². The van der Waals surface area contributed by atoms with Gasteiger partial charge in [-0.1, -0.05) is 0 Å². The third-order valence-corrected chi connectivity index (χ3v) is 4.50. The number of hydrogen-bond donors (Lipinski definition) is 1. The number of aromatic nitrogens is 1. The van der Waals surface area contributed by atoms with Crippen LogP contribution < -0.4 is 0 Å². The number of Topliss-reactive ketones (excluding diaryl/α,β-unsaturated/α-hetero) is 1. The number of H-pyrrole nitrogens is 1. The molecule has 1 aromatic heterocycles. The molecule has 1 saturated heterocycles. The number of aromatic amines is 1. The molecule has 0 aliphatic carbocycles. The Labute approximate surface area is 166 Å². The van der Waals surface area contributed by atoms with Crippen molar-refractivity contribution in [2.45, 2.75) is 51.7 Å². The van der Waals surface area contributed by atoms with Crippen LogP contribution in [-0.4, -0.2) is 55.0 Å². The van der Waals surface area contributed by atoms with Crippen molar-refractivity contribution in [3.05, 3.63) is 22.5 Å². The molecule has 1 aliphatic heterocycles. The fourth-order valence-electron chi connectivity index (χ4n) is 3.05. The van der Waals surface area contributed by atoms with Gasteiger partial charge in [-0.2, -0.15) is 0 Å². The lowest BCUT2D eigenvalue weighted by atomic mass is 9.97. The van der Waals surface area contributed by atoms with E-state index in [0.717, 1.165) is 0 Å². The van der Waals surface area contributed by atoms with Crippen LogP contribution in [0.25, 0.3) is 0 Å². The third kappa shape index (κ3) is 5.66. The van der Waals surface area contributed by atoms with Crippen LogP contribution in [-0.2, 0) is 57.6 Å². The van der Waals surface area contributed by atoms with Crippen LogP contribution in [0.5, 0.6) is 0 Å². The van der Waals surface area contributed by atoms with Crippen molar-refractivity contribution in [2.75, 3.05) is 14.2 Å². The molecule has 0 saturated carbocycles. The number of cyclic esters (lactones) is 1. The molecule has 1 atom stereocenters. The molecule has 0 aromatic carbocycles. The number of esters is 4. The van der Waals surface area contributed by atoms with E-state index in [1.165, 1.54) is 21.1 Å². The molecule has 1 fully saturated rings. The molecule has 10 nitrogen and oxygen atoms in total. The fraction of sp³-hybridized carbons (Fsp3) is 0.526. The van der Waals surface area contributed by atoms with Crippen molar-refractivity contribution < 1.29 is 42.9 Å². The first-order valence-corrected chi connectivity index (χ1v) is 9.00. The Kier molecular flexibility index (Phi) is 7.52. The molecule has 0 amide bonds. The Balaban J connectivity index is 2.46. The van der Waals surface area contributed by atoms with Gasteiger partial charge in [0, 0.05) is 26.2 Å². The SMILES string of the molecule is COC(=O)CCc1c(C(=O)C2CCC(=O)O2)[nH]c(COC(C)=O)c1CC(=O)OC. The van der Waals surface area contributed by atoms with Gasteiger partial charge in [0.15, 0.2) is 6.10 Å². The number of nitrogens with one attached hydrogen (secondary N) is 1. The Bertz CT molecular complexity index is 824. The standard InChI is InChI=1S/C19H23NO9/c1-10(21)28-9-13-12(8-17(24)27-3)11(4-6-15(22)26-2)18(20-13)19(25)14-5-7-16(23)29-14/h14,20H,4-9H2,1-3H3. The fourth-order valence-corrected chi connectivity index (χ4v) is 3.05. The molecular formula is C19H23NO9. The summed E-state index contributed by atoms with van der Waals surface area (Å²) in [5.74, 6) is -2.56. The quantitative estimate of drug-likeness (QED) is 0.356. The maximum absolute atomic E-state index is 12.9. The van der Waals surface area contributed by atoms with Gasteiger partial charge in [-0.05, 0) is 17.5 Å². The van der Waals surface area contributed by atoms with Gasteiger partial charge in [-0.15, -0.1) is 0 Å². The van der Waals surface area contributed by atoms with Crippen LogP contribution in [0, 0.1) is 0 Å². The van der Waals surface area contributed by atoms with Gasteiger partial charge in [0.1, 0.15) is 6.61 Å². The lowest BCUT2D eigenvalue weighted by Crippen LogP contribution is -2.22. The van der Waals surface area contributed by atoms with Crippen molar-refractivity contribution >= 4 is 29.7 Å². The predicted molar refractivity (Wildman–Crippen MR) is 95.8 cm³/mol. The van der Waals surface area contributed by atoms with E-state index in [2.05, 4.69) is 9.72 Å². The van der Waals surface area contributed by atoms with Gasteiger partial charge >= 0.3 is 23.9 Å². The number of carbonyl (C=O) groups is 5. The molecular weight excluding hydrogens is 386 g/mol. The molecule has 158 valence electrons. The zero-order chi connectivity index (χ0) is 21.6. The van der Waals surface area contributed by atoms with Crippen LogP contribution in [0.2, 0.25) is 0 Å². The van der Waals surface area contributed by atoms with Gasteiger partial charge in [0.2, 0.25) is 5.78 Å². The first-order valence-electron chi connectivity index (χ1n) is 9.00. The summed E-state index contributed by atoms with van der Waals surface area (Å²) in [6, 6.07) is 0. The summed E-state index contributed by atoms with van der Waals surface area (Å²) < 4.78 is 19.4. The summed E-state index contributed by atoms with van der Waals surface area (Å²) in [7, 11) is 2.46. The molecule has 10 heteroatoms. The zero-order valence-corrected chi connectivity index (χ0v) is 16.5. The highest BCUT2D eigenvalue weighted by Gasteiger charge is 2.34. The van der Waals surface area contributed by atoms with Crippen LogP contribution >= 0.6 is 0 Å². The predicted octanol–water partition coefficient (Wildman–Crippen LogP) is 0.787. The Morgan fingerprint density at radius 2 is 1.79 bits per heavy atom. The first-order chi connectivity index (χ1) is 13.8. The Hall–Kier alpha value is -3.17. The molecule has 0 bridgehead atoms. The third-order valence-electron chi connectivity index (χ3n) is 4.50. The minimum atomic E-state index is -0.953. The number of carbonyl (C=O) groups excluding carboxylic acids is 5. The molecule has 1 aromatic rings. The molecule has 0 radical (unpaired) electrons. The molecule has 1 aliphatic rings. The molecule has 29 heavy (non-hydrogen) atoms. The number of methoxy groups -OCH3 is 2. The Morgan fingerprint density at radius 3 is 2.34 bits per heavy atom. The topological polar surface area (TPSA) is 138 Å². The normalized spacial score (nSPS) is 15.6. The number of ether oxygens (including phenoxy) is 4. The molecule has 2 rings (SSSR count). The van der Waals surface area contributed by atoms with E-state index in [4.69, 9.17) is 14.2 Å². The van der Waals surface area contributed by atoms with Crippen LogP contribution in [0.3, 0.4) is 0 Å².